The topological polar surface area (TPSA) is 31.4 Å². The number of hydrogen-bond acceptors (Lipinski definition) is 3. The van der Waals surface area contributed by atoms with Crippen molar-refractivity contribution >= 4 is 15.9 Å². The summed E-state index contributed by atoms with van der Waals surface area (Å²) in [6, 6.07) is 1.63. The summed E-state index contributed by atoms with van der Waals surface area (Å²) >= 11 is 3.12. The van der Waals surface area contributed by atoms with Crippen LogP contribution in [-0.2, 0) is 4.74 Å². The van der Waals surface area contributed by atoms with Crippen molar-refractivity contribution in [3.8, 4) is 5.75 Å². The molecule has 1 aromatic rings. The Bertz CT molecular complexity index is 459. The number of pyridine rings is 1. The quantitative estimate of drug-likeness (QED) is 0.789. The Morgan fingerprint density at radius 1 is 1.47 bits per heavy atom. The summed E-state index contributed by atoms with van der Waals surface area (Å²) in [6.45, 7) is 1.51. The highest BCUT2D eigenvalue weighted by Gasteiger charge is 2.51. The maximum absolute atomic E-state index is 13.0. The van der Waals surface area contributed by atoms with E-state index in [1.54, 1.807) is 6.07 Å². The van der Waals surface area contributed by atoms with E-state index in [-0.39, 0.29) is 5.41 Å². The van der Waals surface area contributed by atoms with Crippen molar-refractivity contribution in [2.24, 2.45) is 5.41 Å². The Hall–Kier alpha value is -0.680. The predicted molar refractivity (Wildman–Crippen MR) is 72.6 cm³/mol. The van der Waals surface area contributed by atoms with Gasteiger partial charge in [0.2, 0.25) is 5.95 Å². The molecule has 2 aliphatic rings. The second kappa shape index (κ2) is 5.37. The molecule has 2 heterocycles. The first-order valence-corrected chi connectivity index (χ1v) is 7.54. The first kappa shape index (κ1) is 13.3. The number of hydrogen-bond donors (Lipinski definition) is 0. The first-order chi connectivity index (χ1) is 9.20. The third-order valence-corrected chi connectivity index (χ3v) is 4.61. The van der Waals surface area contributed by atoms with Crippen LogP contribution in [0.15, 0.2) is 16.7 Å². The number of rotatable bonds is 4. The molecule has 2 fully saturated rings. The maximum atomic E-state index is 13.0. The standard InChI is InChI=1S/C14H17BrFNO2/c15-11-7-10(8-17-13(11)16)19-9-14(4-5-14)12-3-1-2-6-18-12/h7-8,12H,1-6,9H2. The molecule has 3 rings (SSSR count). The van der Waals surface area contributed by atoms with E-state index in [2.05, 4.69) is 20.9 Å². The number of halogens is 2. The first-order valence-electron chi connectivity index (χ1n) is 6.75. The van der Waals surface area contributed by atoms with Crippen LogP contribution in [0.3, 0.4) is 0 Å². The fourth-order valence-electron chi connectivity index (χ4n) is 2.65. The van der Waals surface area contributed by atoms with Gasteiger partial charge in [0, 0.05) is 18.1 Å². The average molecular weight is 330 g/mol. The normalized spacial score (nSPS) is 25.1. The van der Waals surface area contributed by atoms with E-state index < -0.39 is 5.95 Å². The highest BCUT2D eigenvalue weighted by Crippen LogP contribution is 2.52. The molecule has 0 bridgehead atoms. The minimum Gasteiger partial charge on any atom is -0.491 e. The molecule has 1 aromatic heterocycles. The average Bonchev–Trinajstić information content (AvgIpc) is 3.22. The molecule has 0 N–H and O–H groups in total. The molecule has 1 unspecified atom stereocenters. The molecule has 3 nitrogen and oxygen atoms in total. The molecule has 1 aliphatic heterocycles. The van der Waals surface area contributed by atoms with E-state index in [0.717, 1.165) is 25.9 Å². The highest BCUT2D eigenvalue weighted by atomic mass is 79.9. The smallest absolute Gasteiger partial charge is 0.227 e. The van der Waals surface area contributed by atoms with Crippen LogP contribution in [-0.4, -0.2) is 24.3 Å². The van der Waals surface area contributed by atoms with E-state index in [4.69, 9.17) is 9.47 Å². The van der Waals surface area contributed by atoms with Crippen LogP contribution in [0.5, 0.6) is 5.75 Å². The number of ether oxygens (including phenoxy) is 2. The molecule has 5 heteroatoms. The number of aromatic nitrogens is 1. The second-order valence-electron chi connectivity index (χ2n) is 5.45. The molecule has 1 saturated carbocycles. The largest absolute Gasteiger partial charge is 0.491 e. The maximum Gasteiger partial charge on any atom is 0.227 e. The van der Waals surface area contributed by atoms with Gasteiger partial charge in [0.25, 0.3) is 0 Å². The summed E-state index contributed by atoms with van der Waals surface area (Å²) in [5.41, 5.74) is 0.182. The van der Waals surface area contributed by atoms with Crippen molar-refractivity contribution in [3.05, 3.63) is 22.7 Å². The van der Waals surface area contributed by atoms with Gasteiger partial charge in [0.15, 0.2) is 0 Å². The lowest BCUT2D eigenvalue weighted by Crippen LogP contribution is -2.33. The van der Waals surface area contributed by atoms with Gasteiger partial charge in [-0.3, -0.25) is 0 Å². The van der Waals surface area contributed by atoms with Crippen molar-refractivity contribution < 1.29 is 13.9 Å². The Balaban J connectivity index is 1.60. The fraction of sp³-hybridized carbons (Fsp3) is 0.643. The Labute approximate surface area is 120 Å². The summed E-state index contributed by atoms with van der Waals surface area (Å²) in [6.07, 6.45) is 7.63. The zero-order valence-corrected chi connectivity index (χ0v) is 12.3. The lowest BCUT2D eigenvalue weighted by atomic mass is 9.93. The highest BCUT2D eigenvalue weighted by molar-refractivity contribution is 9.10. The Kier molecular flexibility index (Phi) is 3.76. The SMILES string of the molecule is Fc1ncc(OCC2(C3CCCCO3)CC2)cc1Br. The molecular formula is C14H17BrFNO2. The fourth-order valence-corrected chi connectivity index (χ4v) is 2.98. The predicted octanol–water partition coefficient (Wildman–Crippen LogP) is 3.71. The van der Waals surface area contributed by atoms with Crippen LogP contribution in [0.1, 0.15) is 32.1 Å². The van der Waals surface area contributed by atoms with Gasteiger partial charge in [0.05, 0.1) is 23.4 Å². The molecule has 1 atom stereocenters. The third kappa shape index (κ3) is 2.92. The Morgan fingerprint density at radius 2 is 2.32 bits per heavy atom. The van der Waals surface area contributed by atoms with Gasteiger partial charge in [0.1, 0.15) is 5.75 Å². The zero-order chi connectivity index (χ0) is 13.3. The van der Waals surface area contributed by atoms with Crippen molar-refractivity contribution in [2.75, 3.05) is 13.2 Å². The molecule has 19 heavy (non-hydrogen) atoms. The molecule has 1 aliphatic carbocycles. The molecule has 0 amide bonds. The van der Waals surface area contributed by atoms with E-state index in [1.165, 1.54) is 19.0 Å². The second-order valence-corrected chi connectivity index (χ2v) is 6.30. The minimum atomic E-state index is -0.510. The van der Waals surface area contributed by atoms with Crippen molar-refractivity contribution in [3.63, 3.8) is 0 Å². The van der Waals surface area contributed by atoms with Crippen LogP contribution < -0.4 is 4.74 Å². The summed E-state index contributed by atoms with van der Waals surface area (Å²) in [5, 5.41) is 0. The molecule has 0 radical (unpaired) electrons. The summed E-state index contributed by atoms with van der Waals surface area (Å²) < 4.78 is 25.0. The van der Waals surface area contributed by atoms with Crippen LogP contribution in [0.4, 0.5) is 4.39 Å². The Morgan fingerprint density at radius 3 is 2.95 bits per heavy atom. The molecular weight excluding hydrogens is 313 g/mol. The summed E-state index contributed by atoms with van der Waals surface area (Å²) in [5.74, 6) is 0.0967. The molecule has 0 spiro atoms. The zero-order valence-electron chi connectivity index (χ0n) is 10.7. The van der Waals surface area contributed by atoms with Gasteiger partial charge in [-0.1, -0.05) is 0 Å². The van der Waals surface area contributed by atoms with Gasteiger partial charge >= 0.3 is 0 Å². The molecule has 0 aromatic carbocycles. The van der Waals surface area contributed by atoms with Crippen LogP contribution in [0.2, 0.25) is 0 Å². The van der Waals surface area contributed by atoms with Crippen molar-refractivity contribution in [2.45, 2.75) is 38.2 Å². The lowest BCUT2D eigenvalue weighted by molar-refractivity contribution is -0.0433. The third-order valence-electron chi connectivity index (χ3n) is 4.05. The van der Waals surface area contributed by atoms with Crippen LogP contribution in [0.25, 0.3) is 0 Å². The van der Waals surface area contributed by atoms with Gasteiger partial charge < -0.3 is 9.47 Å². The van der Waals surface area contributed by atoms with Gasteiger partial charge in [-0.05, 0) is 48.0 Å². The van der Waals surface area contributed by atoms with Gasteiger partial charge in [-0.15, -0.1) is 0 Å². The van der Waals surface area contributed by atoms with Crippen LogP contribution >= 0.6 is 15.9 Å². The van der Waals surface area contributed by atoms with Crippen molar-refractivity contribution in [1.82, 2.24) is 4.98 Å². The van der Waals surface area contributed by atoms with E-state index in [9.17, 15) is 4.39 Å². The monoisotopic (exact) mass is 329 g/mol. The van der Waals surface area contributed by atoms with Gasteiger partial charge in [-0.25, -0.2) is 4.98 Å². The lowest BCUT2D eigenvalue weighted by Gasteiger charge is -2.30. The van der Waals surface area contributed by atoms with Crippen molar-refractivity contribution in [1.29, 1.82) is 0 Å². The van der Waals surface area contributed by atoms with E-state index in [0.29, 0.717) is 22.9 Å². The molecule has 1 saturated heterocycles. The summed E-state index contributed by atoms with van der Waals surface area (Å²) in [7, 11) is 0. The summed E-state index contributed by atoms with van der Waals surface area (Å²) in [4.78, 5) is 3.64. The molecule has 104 valence electrons. The van der Waals surface area contributed by atoms with E-state index >= 15 is 0 Å². The van der Waals surface area contributed by atoms with Crippen LogP contribution in [0, 0.1) is 11.4 Å². The van der Waals surface area contributed by atoms with E-state index in [1.807, 2.05) is 0 Å². The van der Waals surface area contributed by atoms with Gasteiger partial charge in [-0.2, -0.15) is 4.39 Å². The minimum absolute atomic E-state index is 0.182. The number of nitrogens with zero attached hydrogens (tertiary/aromatic N) is 1.